The van der Waals surface area contributed by atoms with Gasteiger partial charge in [0.15, 0.2) is 0 Å². The van der Waals surface area contributed by atoms with E-state index in [4.69, 9.17) is 9.47 Å². The Balaban J connectivity index is 1.85. The van der Waals surface area contributed by atoms with Gasteiger partial charge in [-0.3, -0.25) is 0 Å². The van der Waals surface area contributed by atoms with Crippen LogP contribution in [0.5, 0.6) is 11.5 Å². The van der Waals surface area contributed by atoms with Crippen molar-refractivity contribution in [1.29, 1.82) is 0 Å². The minimum absolute atomic E-state index is 0.226. The zero-order valence-corrected chi connectivity index (χ0v) is 17.9. The maximum atomic E-state index is 12.0. The average molecular weight is 474 g/mol. The smallest absolute Gasteiger partial charge is 0.337 e. The van der Waals surface area contributed by atoms with Crippen LogP contribution in [0.15, 0.2) is 58.3 Å². The van der Waals surface area contributed by atoms with Crippen molar-refractivity contribution in [2.45, 2.75) is 16.2 Å². The second-order valence-corrected chi connectivity index (χ2v) is 8.94. The van der Waals surface area contributed by atoms with E-state index < -0.39 is 38.4 Å². The van der Waals surface area contributed by atoms with E-state index >= 15 is 0 Å². The van der Waals surface area contributed by atoms with Gasteiger partial charge >= 0.3 is 11.9 Å². The summed E-state index contributed by atoms with van der Waals surface area (Å²) in [5, 5.41) is 0. The van der Waals surface area contributed by atoms with Crippen molar-refractivity contribution in [2.24, 2.45) is 0 Å². The highest BCUT2D eigenvalue weighted by molar-refractivity contribution is 7.89. The van der Waals surface area contributed by atoms with Crippen LogP contribution < -0.4 is 19.2 Å². The molecule has 0 unspecified atom stereocenters. The molecule has 0 radical (unpaired) electrons. The van der Waals surface area contributed by atoms with Gasteiger partial charge in [0, 0.05) is 0 Å². The molecule has 12 nitrogen and oxygen atoms in total. The van der Waals surface area contributed by atoms with Gasteiger partial charge in [-0.1, -0.05) is 0 Å². The van der Waals surface area contributed by atoms with Gasteiger partial charge in [0.25, 0.3) is 20.0 Å². The number of hydrogen-bond donors (Lipinski definition) is 2. The molecular weight excluding hydrogens is 456 g/mol. The van der Waals surface area contributed by atoms with E-state index in [2.05, 4.69) is 9.68 Å². The molecule has 2 aromatic rings. The first kappa shape index (κ1) is 24.1. The number of hydrogen-bond acceptors (Lipinski definition) is 10. The fourth-order valence-corrected chi connectivity index (χ4v) is 3.59. The largest absolute Gasteiger partial charge is 0.497 e. The number of sulfonamides is 2. The summed E-state index contributed by atoms with van der Waals surface area (Å²) in [5.41, 5.74) is 0. The number of carbonyl (C=O) groups is 2. The van der Waals surface area contributed by atoms with E-state index in [0.29, 0.717) is 11.5 Å². The predicted molar refractivity (Wildman–Crippen MR) is 103 cm³/mol. The summed E-state index contributed by atoms with van der Waals surface area (Å²) in [6.45, 7) is 0. The number of benzene rings is 2. The Morgan fingerprint density at radius 2 is 1.00 bits per heavy atom. The summed E-state index contributed by atoms with van der Waals surface area (Å²) in [5.74, 6) is -1.83. The lowest BCUT2D eigenvalue weighted by Gasteiger charge is -2.09. The van der Waals surface area contributed by atoms with E-state index in [1.54, 1.807) is 9.77 Å². The fraction of sp³-hybridized carbons (Fsp3) is 0.176. The second-order valence-electron chi connectivity index (χ2n) is 5.65. The normalized spacial score (nSPS) is 11.4. The Morgan fingerprint density at radius 1 is 0.677 bits per heavy atom. The predicted octanol–water partition coefficient (Wildman–Crippen LogP) is 0.267. The summed E-state index contributed by atoms with van der Waals surface area (Å²) < 4.78 is 57.9. The highest BCUT2D eigenvalue weighted by atomic mass is 32.2. The first-order valence-electron chi connectivity index (χ1n) is 8.28. The quantitative estimate of drug-likeness (QED) is 0.361. The molecule has 2 rings (SSSR count). The second kappa shape index (κ2) is 10.2. The summed E-state index contributed by atoms with van der Waals surface area (Å²) in [4.78, 5) is 34.6. The van der Waals surface area contributed by atoms with Crippen LogP contribution in [0.2, 0.25) is 0 Å². The van der Waals surface area contributed by atoms with Crippen molar-refractivity contribution in [3.05, 3.63) is 48.5 Å². The molecule has 0 aliphatic carbocycles. The first-order chi connectivity index (χ1) is 14.6. The van der Waals surface area contributed by atoms with Gasteiger partial charge in [0.1, 0.15) is 17.9 Å². The molecule has 2 aromatic carbocycles. The van der Waals surface area contributed by atoms with E-state index in [-0.39, 0.29) is 9.79 Å². The average Bonchev–Trinajstić information content (AvgIpc) is 2.76. The van der Waals surface area contributed by atoms with Gasteiger partial charge in [-0.05, 0) is 58.3 Å². The van der Waals surface area contributed by atoms with Crippen LogP contribution in [0.4, 0.5) is 0 Å². The molecular formula is C17H18N2O10S2. The van der Waals surface area contributed by atoms with E-state index in [1.807, 2.05) is 0 Å². The van der Waals surface area contributed by atoms with E-state index in [0.717, 1.165) is 0 Å². The van der Waals surface area contributed by atoms with Gasteiger partial charge in [0.2, 0.25) is 0 Å². The van der Waals surface area contributed by atoms with Crippen LogP contribution in [0.1, 0.15) is 6.42 Å². The van der Waals surface area contributed by atoms with Gasteiger partial charge in [0.05, 0.1) is 24.0 Å². The highest BCUT2D eigenvalue weighted by Gasteiger charge is 2.21. The SMILES string of the molecule is COc1ccc(S(=O)(=O)NOC(=O)CC(=O)ONS(=O)(=O)c2ccc(OC)cc2)cc1. The lowest BCUT2D eigenvalue weighted by molar-refractivity contribution is -0.158. The third-order valence-corrected chi connectivity index (χ3v) is 5.95. The summed E-state index contributed by atoms with van der Waals surface area (Å²) in [7, 11) is -5.63. The Hall–Kier alpha value is -3.20. The van der Waals surface area contributed by atoms with Crippen LogP contribution in [-0.4, -0.2) is 43.0 Å². The van der Waals surface area contributed by atoms with E-state index in [9.17, 15) is 26.4 Å². The molecule has 0 bridgehead atoms. The standard InChI is InChI=1S/C17H18N2O10S2/c1-26-12-3-7-14(8-4-12)30(22,23)18-28-16(20)11-17(21)29-19-31(24,25)15-9-5-13(27-2)6-10-15/h3-10,18-19H,11H2,1-2H3. The molecule has 0 amide bonds. The van der Waals surface area contributed by atoms with Crippen LogP contribution in [0.25, 0.3) is 0 Å². The first-order valence-corrected chi connectivity index (χ1v) is 11.2. The van der Waals surface area contributed by atoms with Crippen molar-refractivity contribution < 1.29 is 45.6 Å². The third-order valence-electron chi connectivity index (χ3n) is 3.56. The van der Waals surface area contributed by atoms with Crippen LogP contribution >= 0.6 is 0 Å². The number of ether oxygens (including phenoxy) is 2. The maximum absolute atomic E-state index is 12.0. The molecule has 2 N–H and O–H groups in total. The van der Waals surface area contributed by atoms with Crippen LogP contribution in [-0.2, 0) is 39.3 Å². The van der Waals surface area contributed by atoms with Crippen LogP contribution in [0, 0.1) is 0 Å². The zero-order valence-electron chi connectivity index (χ0n) is 16.2. The van der Waals surface area contributed by atoms with Crippen molar-refractivity contribution >= 4 is 32.0 Å². The monoisotopic (exact) mass is 474 g/mol. The maximum Gasteiger partial charge on any atom is 0.337 e. The summed E-state index contributed by atoms with van der Waals surface area (Å²) in [6, 6.07) is 10.3. The topological polar surface area (TPSA) is 163 Å². The molecule has 168 valence electrons. The Labute approximate surface area is 178 Å². The summed E-state index contributed by atoms with van der Waals surface area (Å²) in [6.07, 6.45) is -1.07. The molecule has 0 heterocycles. The third kappa shape index (κ3) is 6.92. The number of methoxy groups -OCH3 is 2. The van der Waals surface area contributed by atoms with E-state index in [1.165, 1.54) is 62.8 Å². The van der Waals surface area contributed by atoms with Crippen molar-refractivity contribution in [2.75, 3.05) is 14.2 Å². The minimum Gasteiger partial charge on any atom is -0.497 e. The van der Waals surface area contributed by atoms with Crippen molar-refractivity contribution in [3.8, 4) is 11.5 Å². The van der Waals surface area contributed by atoms with Gasteiger partial charge in [-0.25, -0.2) is 26.4 Å². The Morgan fingerprint density at radius 3 is 1.29 bits per heavy atom. The zero-order chi connectivity index (χ0) is 23.1. The van der Waals surface area contributed by atoms with Crippen molar-refractivity contribution in [3.63, 3.8) is 0 Å². The van der Waals surface area contributed by atoms with Crippen LogP contribution in [0.3, 0.4) is 0 Å². The summed E-state index contributed by atoms with van der Waals surface area (Å²) >= 11 is 0. The molecule has 0 saturated heterocycles. The minimum atomic E-state index is -4.22. The van der Waals surface area contributed by atoms with Crippen molar-refractivity contribution in [1.82, 2.24) is 9.77 Å². The number of carbonyl (C=O) groups excluding carboxylic acids is 2. The molecule has 0 atom stereocenters. The molecule has 31 heavy (non-hydrogen) atoms. The highest BCUT2D eigenvalue weighted by Crippen LogP contribution is 2.16. The fourth-order valence-electron chi connectivity index (χ4n) is 2.00. The molecule has 0 spiro atoms. The molecule has 0 aliphatic heterocycles. The molecule has 0 aliphatic rings. The molecule has 0 aromatic heterocycles. The Kier molecular flexibility index (Phi) is 7.93. The van der Waals surface area contributed by atoms with Gasteiger partial charge in [-0.15, -0.1) is 0 Å². The number of nitrogens with one attached hydrogen (secondary N) is 2. The Bertz CT molecular complexity index is 1040. The lowest BCUT2D eigenvalue weighted by Crippen LogP contribution is -2.31. The molecule has 0 saturated carbocycles. The molecule has 0 fully saturated rings. The lowest BCUT2D eigenvalue weighted by atomic mass is 10.3. The number of rotatable bonds is 10. The van der Waals surface area contributed by atoms with Gasteiger partial charge in [-0.2, -0.15) is 0 Å². The van der Waals surface area contributed by atoms with Gasteiger partial charge < -0.3 is 19.1 Å². The molecule has 14 heteroatoms.